The lowest BCUT2D eigenvalue weighted by Crippen LogP contribution is -2.24. The summed E-state index contributed by atoms with van der Waals surface area (Å²) in [7, 11) is 1.61. The van der Waals surface area contributed by atoms with Gasteiger partial charge in [0, 0.05) is 24.2 Å². The number of nitrogens with zero attached hydrogens (tertiary/aromatic N) is 2. The van der Waals surface area contributed by atoms with Gasteiger partial charge in [0.2, 0.25) is 0 Å². The van der Waals surface area contributed by atoms with Crippen molar-refractivity contribution in [1.29, 1.82) is 0 Å². The van der Waals surface area contributed by atoms with Crippen LogP contribution in [0.5, 0.6) is 5.75 Å². The third-order valence-corrected chi connectivity index (χ3v) is 3.39. The number of carbonyl (C=O) groups excluding carboxylic acids is 1. The number of aryl methyl sites for hydroxylation is 1. The zero-order valence-corrected chi connectivity index (χ0v) is 13.4. The first-order valence-corrected chi connectivity index (χ1v) is 7.26. The highest BCUT2D eigenvalue weighted by Crippen LogP contribution is 2.17. The van der Waals surface area contributed by atoms with Crippen molar-refractivity contribution in [3.05, 3.63) is 53.1 Å². The molecule has 1 amide bonds. The highest BCUT2D eigenvalue weighted by molar-refractivity contribution is 5.94. The first kappa shape index (κ1) is 15.9. The van der Waals surface area contributed by atoms with E-state index in [1.807, 2.05) is 45.0 Å². The molecule has 0 saturated heterocycles. The van der Waals surface area contributed by atoms with Crippen LogP contribution in [0.15, 0.2) is 30.5 Å². The van der Waals surface area contributed by atoms with Crippen molar-refractivity contribution in [3.63, 3.8) is 0 Å². The Hall–Kier alpha value is -2.43. The molecule has 0 saturated carbocycles. The molecule has 2 aromatic rings. The predicted molar refractivity (Wildman–Crippen MR) is 85.0 cm³/mol. The molecule has 1 aromatic heterocycles. The second kappa shape index (κ2) is 7.02. The van der Waals surface area contributed by atoms with Gasteiger partial charge in [-0.1, -0.05) is 32.0 Å². The standard InChI is InChI=1S/C17H21N3O2/c1-11(2)16-18-10-14(12(3)20-16)17(21)19-9-13-7-5-6-8-15(13)22-4/h5-8,10-11H,9H2,1-4H3,(H,19,21). The zero-order chi connectivity index (χ0) is 16.1. The maximum absolute atomic E-state index is 12.3. The van der Waals surface area contributed by atoms with Crippen LogP contribution in [-0.4, -0.2) is 23.0 Å². The van der Waals surface area contributed by atoms with E-state index in [9.17, 15) is 4.79 Å². The van der Waals surface area contributed by atoms with Gasteiger partial charge in [0.15, 0.2) is 0 Å². The monoisotopic (exact) mass is 299 g/mol. The Kier molecular flexibility index (Phi) is 5.09. The largest absolute Gasteiger partial charge is 0.496 e. The number of rotatable bonds is 5. The SMILES string of the molecule is COc1ccccc1CNC(=O)c1cnc(C(C)C)nc1C. The van der Waals surface area contributed by atoms with E-state index in [1.54, 1.807) is 13.3 Å². The number of para-hydroxylation sites is 1. The molecule has 0 radical (unpaired) electrons. The van der Waals surface area contributed by atoms with Crippen LogP contribution in [0, 0.1) is 6.92 Å². The fourth-order valence-electron chi connectivity index (χ4n) is 2.11. The summed E-state index contributed by atoms with van der Waals surface area (Å²) in [6, 6.07) is 7.60. The zero-order valence-electron chi connectivity index (χ0n) is 13.4. The average Bonchev–Trinajstić information content (AvgIpc) is 2.52. The number of benzene rings is 1. The molecule has 5 nitrogen and oxygen atoms in total. The molecule has 0 aliphatic heterocycles. The van der Waals surface area contributed by atoms with E-state index in [2.05, 4.69) is 15.3 Å². The summed E-state index contributed by atoms with van der Waals surface area (Å²) in [6.45, 7) is 6.27. The first-order valence-electron chi connectivity index (χ1n) is 7.26. The molecule has 1 N–H and O–H groups in total. The van der Waals surface area contributed by atoms with Crippen LogP contribution in [0.4, 0.5) is 0 Å². The minimum absolute atomic E-state index is 0.182. The van der Waals surface area contributed by atoms with E-state index in [4.69, 9.17) is 4.74 Å². The maximum atomic E-state index is 12.3. The Labute approximate surface area is 130 Å². The van der Waals surface area contributed by atoms with E-state index < -0.39 is 0 Å². The van der Waals surface area contributed by atoms with Crippen LogP contribution in [0.1, 0.15) is 47.2 Å². The molecular formula is C17H21N3O2. The van der Waals surface area contributed by atoms with Gasteiger partial charge in [0.05, 0.1) is 18.4 Å². The molecule has 116 valence electrons. The normalized spacial score (nSPS) is 10.6. The van der Waals surface area contributed by atoms with Gasteiger partial charge in [-0.05, 0) is 13.0 Å². The third kappa shape index (κ3) is 3.61. The maximum Gasteiger partial charge on any atom is 0.254 e. The van der Waals surface area contributed by atoms with Gasteiger partial charge in [0.25, 0.3) is 5.91 Å². The summed E-state index contributed by atoms with van der Waals surface area (Å²) in [5.41, 5.74) is 2.12. The molecule has 0 fully saturated rings. The van der Waals surface area contributed by atoms with Gasteiger partial charge in [-0.3, -0.25) is 4.79 Å². The Morgan fingerprint density at radius 2 is 2.05 bits per heavy atom. The molecule has 1 aromatic carbocycles. The van der Waals surface area contributed by atoms with Crippen molar-refractivity contribution in [2.45, 2.75) is 33.2 Å². The van der Waals surface area contributed by atoms with Gasteiger partial charge in [-0.25, -0.2) is 9.97 Å². The van der Waals surface area contributed by atoms with E-state index in [-0.39, 0.29) is 11.8 Å². The van der Waals surface area contributed by atoms with E-state index in [1.165, 1.54) is 0 Å². The lowest BCUT2D eigenvalue weighted by atomic mass is 10.1. The minimum Gasteiger partial charge on any atom is -0.496 e. The lowest BCUT2D eigenvalue weighted by Gasteiger charge is -2.11. The van der Waals surface area contributed by atoms with E-state index in [0.29, 0.717) is 17.8 Å². The number of amides is 1. The molecular weight excluding hydrogens is 278 g/mol. The summed E-state index contributed by atoms with van der Waals surface area (Å²) >= 11 is 0. The highest BCUT2D eigenvalue weighted by atomic mass is 16.5. The number of ether oxygens (including phenoxy) is 1. The number of methoxy groups -OCH3 is 1. The molecule has 0 aliphatic rings. The van der Waals surface area contributed by atoms with Crippen LogP contribution in [0.25, 0.3) is 0 Å². The lowest BCUT2D eigenvalue weighted by molar-refractivity contribution is 0.0949. The summed E-state index contributed by atoms with van der Waals surface area (Å²) in [5.74, 6) is 1.56. The van der Waals surface area contributed by atoms with Gasteiger partial charge >= 0.3 is 0 Å². The predicted octanol–water partition coefficient (Wildman–Crippen LogP) is 2.85. The molecule has 1 heterocycles. The molecule has 0 bridgehead atoms. The van der Waals surface area contributed by atoms with E-state index >= 15 is 0 Å². The third-order valence-electron chi connectivity index (χ3n) is 3.39. The molecule has 0 unspecified atom stereocenters. The minimum atomic E-state index is -0.182. The molecule has 0 atom stereocenters. The van der Waals surface area contributed by atoms with Gasteiger partial charge in [0.1, 0.15) is 11.6 Å². The second-order valence-electron chi connectivity index (χ2n) is 5.38. The van der Waals surface area contributed by atoms with Crippen LogP contribution < -0.4 is 10.1 Å². The van der Waals surface area contributed by atoms with E-state index in [0.717, 1.165) is 17.1 Å². The van der Waals surface area contributed by atoms with Crippen LogP contribution in [0.3, 0.4) is 0 Å². The van der Waals surface area contributed by atoms with Crippen LogP contribution in [0.2, 0.25) is 0 Å². The Balaban J connectivity index is 2.09. The number of nitrogens with one attached hydrogen (secondary N) is 1. The molecule has 5 heteroatoms. The van der Waals surface area contributed by atoms with Crippen molar-refractivity contribution in [2.24, 2.45) is 0 Å². The fourth-order valence-corrected chi connectivity index (χ4v) is 2.11. The summed E-state index contributed by atoms with van der Waals surface area (Å²) < 4.78 is 5.27. The first-order chi connectivity index (χ1) is 10.5. The van der Waals surface area contributed by atoms with Crippen molar-refractivity contribution < 1.29 is 9.53 Å². The topological polar surface area (TPSA) is 64.1 Å². The number of aromatic nitrogens is 2. The molecule has 0 spiro atoms. The van der Waals surface area contributed by atoms with Crippen LogP contribution in [-0.2, 0) is 6.54 Å². The quantitative estimate of drug-likeness (QED) is 0.922. The van der Waals surface area contributed by atoms with Crippen molar-refractivity contribution >= 4 is 5.91 Å². The Morgan fingerprint density at radius 3 is 2.68 bits per heavy atom. The Morgan fingerprint density at radius 1 is 1.32 bits per heavy atom. The number of carbonyl (C=O) groups is 1. The fraction of sp³-hybridized carbons (Fsp3) is 0.353. The summed E-state index contributed by atoms with van der Waals surface area (Å²) in [6.07, 6.45) is 1.59. The summed E-state index contributed by atoms with van der Waals surface area (Å²) in [4.78, 5) is 20.9. The Bertz CT molecular complexity index is 669. The average molecular weight is 299 g/mol. The summed E-state index contributed by atoms with van der Waals surface area (Å²) in [5, 5.41) is 2.88. The molecule has 2 rings (SSSR count). The van der Waals surface area contributed by atoms with Gasteiger partial charge in [-0.2, -0.15) is 0 Å². The molecule has 22 heavy (non-hydrogen) atoms. The van der Waals surface area contributed by atoms with Crippen molar-refractivity contribution in [2.75, 3.05) is 7.11 Å². The number of hydrogen-bond donors (Lipinski definition) is 1. The van der Waals surface area contributed by atoms with Crippen molar-refractivity contribution in [3.8, 4) is 5.75 Å². The second-order valence-corrected chi connectivity index (χ2v) is 5.38. The van der Waals surface area contributed by atoms with Gasteiger partial charge in [-0.15, -0.1) is 0 Å². The van der Waals surface area contributed by atoms with Crippen molar-refractivity contribution in [1.82, 2.24) is 15.3 Å². The molecule has 0 aliphatic carbocycles. The van der Waals surface area contributed by atoms with Crippen LogP contribution >= 0.6 is 0 Å². The smallest absolute Gasteiger partial charge is 0.254 e. The number of hydrogen-bond acceptors (Lipinski definition) is 4. The highest BCUT2D eigenvalue weighted by Gasteiger charge is 2.13. The van der Waals surface area contributed by atoms with Gasteiger partial charge < -0.3 is 10.1 Å².